The average Bonchev–Trinajstić information content (AvgIpc) is 3.14. The van der Waals surface area contributed by atoms with Crippen molar-refractivity contribution in [2.24, 2.45) is 0 Å². The van der Waals surface area contributed by atoms with E-state index in [0.29, 0.717) is 30.4 Å². The van der Waals surface area contributed by atoms with Crippen LogP contribution in [0.4, 0.5) is 5.69 Å². The molecule has 0 spiro atoms. The number of hydrogen-bond acceptors (Lipinski definition) is 4. The van der Waals surface area contributed by atoms with Crippen LogP contribution >= 0.6 is 11.6 Å². The number of piperazine rings is 1. The molecule has 2 heterocycles. The Labute approximate surface area is 157 Å². The SMILES string of the molecule is CC(=O)N(CC(=O)N1CCN(c2cccc(Cl)c2)CC1)Cc1ccco1. The van der Waals surface area contributed by atoms with Gasteiger partial charge in [-0.3, -0.25) is 9.59 Å². The Kier molecular flexibility index (Phi) is 5.83. The van der Waals surface area contributed by atoms with E-state index in [2.05, 4.69) is 4.90 Å². The fraction of sp³-hybridized carbons (Fsp3) is 0.368. The van der Waals surface area contributed by atoms with Gasteiger partial charge in [-0.05, 0) is 30.3 Å². The molecule has 0 aliphatic carbocycles. The Morgan fingerprint density at radius 2 is 1.92 bits per heavy atom. The van der Waals surface area contributed by atoms with Crippen molar-refractivity contribution in [1.82, 2.24) is 9.80 Å². The molecular weight excluding hydrogens is 354 g/mol. The zero-order valence-electron chi connectivity index (χ0n) is 14.7. The molecule has 138 valence electrons. The molecule has 2 aromatic rings. The maximum atomic E-state index is 12.6. The number of carbonyl (C=O) groups is 2. The maximum absolute atomic E-state index is 12.6. The molecule has 1 aromatic heterocycles. The van der Waals surface area contributed by atoms with Crippen LogP contribution in [-0.4, -0.2) is 54.3 Å². The van der Waals surface area contributed by atoms with Crippen molar-refractivity contribution >= 4 is 29.1 Å². The summed E-state index contributed by atoms with van der Waals surface area (Å²) in [6.07, 6.45) is 1.56. The monoisotopic (exact) mass is 375 g/mol. The fourth-order valence-electron chi connectivity index (χ4n) is 3.02. The number of hydrogen-bond donors (Lipinski definition) is 0. The van der Waals surface area contributed by atoms with E-state index in [9.17, 15) is 9.59 Å². The third-order valence-electron chi connectivity index (χ3n) is 4.50. The lowest BCUT2D eigenvalue weighted by Gasteiger charge is -2.37. The number of amides is 2. The van der Waals surface area contributed by atoms with E-state index in [4.69, 9.17) is 16.0 Å². The summed E-state index contributed by atoms with van der Waals surface area (Å²) >= 11 is 6.05. The Balaban J connectivity index is 1.54. The van der Waals surface area contributed by atoms with Gasteiger partial charge in [0.2, 0.25) is 11.8 Å². The molecule has 1 aliphatic rings. The number of rotatable bonds is 5. The number of nitrogens with zero attached hydrogens (tertiary/aromatic N) is 3. The van der Waals surface area contributed by atoms with Gasteiger partial charge in [0, 0.05) is 43.8 Å². The quantitative estimate of drug-likeness (QED) is 0.806. The molecule has 0 atom stereocenters. The van der Waals surface area contributed by atoms with E-state index in [-0.39, 0.29) is 18.4 Å². The number of halogens is 1. The summed E-state index contributed by atoms with van der Waals surface area (Å²) in [5.41, 5.74) is 1.06. The standard InChI is InChI=1S/C19H22ClN3O3/c1-15(24)23(13-18-6-3-11-26-18)14-19(25)22-9-7-21(8-10-22)17-5-2-4-16(20)12-17/h2-6,11-12H,7-10,13-14H2,1H3. The smallest absolute Gasteiger partial charge is 0.242 e. The summed E-state index contributed by atoms with van der Waals surface area (Å²) in [4.78, 5) is 30.0. The van der Waals surface area contributed by atoms with Gasteiger partial charge < -0.3 is 19.1 Å². The van der Waals surface area contributed by atoms with E-state index in [0.717, 1.165) is 18.8 Å². The fourth-order valence-corrected chi connectivity index (χ4v) is 3.20. The van der Waals surface area contributed by atoms with Crippen LogP contribution in [0, 0.1) is 0 Å². The minimum Gasteiger partial charge on any atom is -0.467 e. The lowest BCUT2D eigenvalue weighted by molar-refractivity contribution is -0.140. The van der Waals surface area contributed by atoms with Crippen molar-refractivity contribution in [2.75, 3.05) is 37.6 Å². The Morgan fingerprint density at radius 3 is 2.54 bits per heavy atom. The lowest BCUT2D eigenvalue weighted by Crippen LogP contribution is -2.51. The summed E-state index contributed by atoms with van der Waals surface area (Å²) < 4.78 is 5.28. The first kappa shape index (κ1) is 18.3. The topological polar surface area (TPSA) is 57.0 Å². The second kappa shape index (κ2) is 8.27. The van der Waals surface area contributed by atoms with Crippen LogP contribution in [0.2, 0.25) is 5.02 Å². The lowest BCUT2D eigenvalue weighted by atomic mass is 10.2. The van der Waals surface area contributed by atoms with Gasteiger partial charge in [-0.15, -0.1) is 0 Å². The minimum absolute atomic E-state index is 0.0440. The highest BCUT2D eigenvalue weighted by Crippen LogP contribution is 2.21. The maximum Gasteiger partial charge on any atom is 0.242 e. The van der Waals surface area contributed by atoms with Crippen molar-refractivity contribution < 1.29 is 14.0 Å². The summed E-state index contributed by atoms with van der Waals surface area (Å²) in [5.74, 6) is 0.476. The molecule has 1 fully saturated rings. The number of furan rings is 1. The number of anilines is 1. The predicted octanol–water partition coefficient (Wildman–Crippen LogP) is 2.63. The minimum atomic E-state index is -0.146. The van der Waals surface area contributed by atoms with Crippen LogP contribution in [0.3, 0.4) is 0 Å². The van der Waals surface area contributed by atoms with Gasteiger partial charge in [-0.2, -0.15) is 0 Å². The van der Waals surface area contributed by atoms with Crippen molar-refractivity contribution in [3.63, 3.8) is 0 Å². The first-order valence-corrected chi connectivity index (χ1v) is 8.97. The van der Waals surface area contributed by atoms with Gasteiger partial charge in [-0.1, -0.05) is 17.7 Å². The van der Waals surface area contributed by atoms with E-state index in [1.807, 2.05) is 24.3 Å². The number of carbonyl (C=O) groups excluding carboxylic acids is 2. The second-order valence-corrected chi connectivity index (χ2v) is 6.74. The van der Waals surface area contributed by atoms with E-state index >= 15 is 0 Å². The molecule has 3 rings (SSSR count). The third-order valence-corrected chi connectivity index (χ3v) is 4.74. The molecule has 0 unspecified atom stereocenters. The van der Waals surface area contributed by atoms with Crippen LogP contribution in [0.25, 0.3) is 0 Å². The largest absolute Gasteiger partial charge is 0.467 e. The molecule has 7 heteroatoms. The molecule has 0 N–H and O–H groups in total. The summed E-state index contributed by atoms with van der Waals surface area (Å²) in [5, 5.41) is 0.705. The molecule has 2 amide bonds. The zero-order valence-corrected chi connectivity index (χ0v) is 15.5. The highest BCUT2D eigenvalue weighted by molar-refractivity contribution is 6.30. The highest BCUT2D eigenvalue weighted by Gasteiger charge is 2.24. The van der Waals surface area contributed by atoms with Gasteiger partial charge >= 0.3 is 0 Å². The molecule has 0 saturated carbocycles. The first-order valence-electron chi connectivity index (χ1n) is 8.59. The Morgan fingerprint density at radius 1 is 1.15 bits per heavy atom. The Hall–Kier alpha value is -2.47. The van der Waals surface area contributed by atoms with Crippen LogP contribution < -0.4 is 4.90 Å². The van der Waals surface area contributed by atoms with Crippen molar-refractivity contribution in [2.45, 2.75) is 13.5 Å². The molecule has 1 aromatic carbocycles. The molecule has 26 heavy (non-hydrogen) atoms. The summed E-state index contributed by atoms with van der Waals surface area (Å²) in [7, 11) is 0. The molecular formula is C19H22ClN3O3. The molecule has 0 radical (unpaired) electrons. The molecule has 6 nitrogen and oxygen atoms in total. The predicted molar refractivity (Wildman–Crippen MR) is 100 cm³/mol. The van der Waals surface area contributed by atoms with Crippen LogP contribution in [0.15, 0.2) is 47.1 Å². The summed E-state index contributed by atoms with van der Waals surface area (Å²) in [6.45, 7) is 4.56. The van der Waals surface area contributed by atoms with Crippen molar-refractivity contribution in [3.8, 4) is 0 Å². The van der Waals surface area contributed by atoms with E-state index < -0.39 is 0 Å². The average molecular weight is 376 g/mol. The van der Waals surface area contributed by atoms with E-state index in [1.54, 1.807) is 23.3 Å². The van der Waals surface area contributed by atoms with Gasteiger partial charge in [0.05, 0.1) is 12.8 Å². The normalized spacial score (nSPS) is 14.4. The molecule has 0 bridgehead atoms. The number of benzene rings is 1. The van der Waals surface area contributed by atoms with Crippen LogP contribution in [0.5, 0.6) is 0 Å². The Bertz CT molecular complexity index is 755. The van der Waals surface area contributed by atoms with Crippen molar-refractivity contribution in [1.29, 1.82) is 0 Å². The third kappa shape index (κ3) is 4.58. The van der Waals surface area contributed by atoms with Gasteiger partial charge in [0.15, 0.2) is 0 Å². The van der Waals surface area contributed by atoms with E-state index in [1.165, 1.54) is 11.8 Å². The van der Waals surface area contributed by atoms with Crippen molar-refractivity contribution in [3.05, 3.63) is 53.4 Å². The summed E-state index contributed by atoms with van der Waals surface area (Å²) in [6, 6.07) is 11.3. The molecule has 1 aliphatic heterocycles. The van der Waals surface area contributed by atoms with Crippen LogP contribution in [-0.2, 0) is 16.1 Å². The molecule has 1 saturated heterocycles. The second-order valence-electron chi connectivity index (χ2n) is 6.30. The zero-order chi connectivity index (χ0) is 18.5. The van der Waals surface area contributed by atoms with Gasteiger partial charge in [0.1, 0.15) is 12.3 Å². The van der Waals surface area contributed by atoms with Crippen LogP contribution in [0.1, 0.15) is 12.7 Å². The van der Waals surface area contributed by atoms with Gasteiger partial charge in [-0.25, -0.2) is 0 Å². The highest BCUT2D eigenvalue weighted by atomic mass is 35.5. The first-order chi connectivity index (χ1) is 12.5. The van der Waals surface area contributed by atoms with Gasteiger partial charge in [0.25, 0.3) is 0 Å².